The second-order valence-corrected chi connectivity index (χ2v) is 9.70. The van der Waals surface area contributed by atoms with Crippen molar-refractivity contribution in [3.8, 4) is 5.75 Å². The molecule has 0 saturated carbocycles. The maximum atomic E-state index is 12.7. The van der Waals surface area contributed by atoms with E-state index in [4.69, 9.17) is 21.4 Å². The summed E-state index contributed by atoms with van der Waals surface area (Å²) < 4.78 is 11.2. The Balaban J connectivity index is 1.25. The lowest BCUT2D eigenvalue weighted by Gasteiger charge is -2.14. The van der Waals surface area contributed by atoms with E-state index in [1.165, 1.54) is 4.90 Å². The van der Waals surface area contributed by atoms with Crippen LogP contribution in [0.1, 0.15) is 12.5 Å². The molecule has 1 aliphatic heterocycles. The Morgan fingerprint density at radius 1 is 1.17 bits per heavy atom. The number of oxazole rings is 1. The van der Waals surface area contributed by atoms with E-state index in [1.807, 2.05) is 49.4 Å². The fraction of sp³-hybridized carbons (Fsp3) is 0.174. The number of fused-ring (bicyclic) bond motifs is 1. The van der Waals surface area contributed by atoms with Crippen molar-refractivity contribution in [2.45, 2.75) is 12.1 Å². The summed E-state index contributed by atoms with van der Waals surface area (Å²) >= 11 is 7.48. The molecule has 2 aromatic carbocycles. The number of para-hydroxylation sites is 2. The molecule has 2 N–H and O–H groups in total. The van der Waals surface area contributed by atoms with Crippen LogP contribution in [0.25, 0.3) is 17.2 Å². The second-order valence-electron chi connectivity index (χ2n) is 7.10. The monoisotopic (exact) mass is 528 g/mol. The molecule has 0 radical (unpaired) electrons. The number of thiocarbonyl (C=S) groups is 1. The summed E-state index contributed by atoms with van der Waals surface area (Å²) in [5.41, 5.74) is 6.74. The van der Waals surface area contributed by atoms with Gasteiger partial charge in [0.05, 0.1) is 17.3 Å². The Bertz CT molecular complexity index is 1270. The summed E-state index contributed by atoms with van der Waals surface area (Å²) in [5.74, 6) is -0.681. The van der Waals surface area contributed by atoms with Gasteiger partial charge in [0.2, 0.25) is 5.91 Å². The lowest BCUT2D eigenvalue weighted by Crippen LogP contribution is -2.47. The van der Waals surface area contributed by atoms with Crippen LogP contribution in [0.2, 0.25) is 0 Å². The highest BCUT2D eigenvalue weighted by Crippen LogP contribution is 2.32. The molecule has 3 aromatic rings. The number of hydrogen-bond acceptors (Lipinski definition) is 9. The van der Waals surface area contributed by atoms with Crippen LogP contribution >= 0.6 is 35.7 Å². The van der Waals surface area contributed by atoms with Crippen LogP contribution in [-0.4, -0.2) is 50.8 Å². The van der Waals surface area contributed by atoms with Gasteiger partial charge < -0.3 is 9.15 Å². The van der Waals surface area contributed by atoms with Crippen molar-refractivity contribution in [1.82, 2.24) is 20.7 Å². The van der Waals surface area contributed by atoms with Gasteiger partial charge in [-0.1, -0.05) is 60.0 Å². The molecule has 4 rings (SSSR count). The third-order valence-electron chi connectivity index (χ3n) is 4.61. The molecule has 0 aliphatic carbocycles. The molecule has 3 amide bonds. The molecule has 1 aromatic heterocycles. The number of nitrogens with one attached hydrogen (secondary N) is 2. The zero-order valence-corrected chi connectivity index (χ0v) is 20.9. The maximum Gasteiger partial charge on any atom is 0.266 e. The smallest absolute Gasteiger partial charge is 0.266 e. The Morgan fingerprint density at radius 3 is 2.66 bits per heavy atom. The van der Waals surface area contributed by atoms with Gasteiger partial charge in [0.15, 0.2) is 5.58 Å². The molecular weight excluding hydrogens is 508 g/mol. The van der Waals surface area contributed by atoms with Gasteiger partial charge in [0.1, 0.15) is 22.1 Å². The van der Waals surface area contributed by atoms with Crippen molar-refractivity contribution in [2.24, 2.45) is 0 Å². The summed E-state index contributed by atoms with van der Waals surface area (Å²) in [4.78, 5) is 43.0. The number of carbonyl (C=O) groups is 3. The summed E-state index contributed by atoms with van der Waals surface area (Å²) in [6, 6.07) is 14.6. The number of aromatic nitrogens is 1. The number of benzene rings is 2. The summed E-state index contributed by atoms with van der Waals surface area (Å²) in [6.45, 7) is 2.15. The Morgan fingerprint density at radius 2 is 1.91 bits per heavy atom. The van der Waals surface area contributed by atoms with E-state index >= 15 is 0 Å². The molecule has 35 heavy (non-hydrogen) atoms. The van der Waals surface area contributed by atoms with Crippen LogP contribution in [0.3, 0.4) is 0 Å². The van der Waals surface area contributed by atoms with E-state index < -0.39 is 11.8 Å². The first kappa shape index (κ1) is 24.8. The van der Waals surface area contributed by atoms with Crippen molar-refractivity contribution < 1.29 is 23.5 Å². The van der Waals surface area contributed by atoms with E-state index in [0.29, 0.717) is 27.8 Å². The summed E-state index contributed by atoms with van der Waals surface area (Å²) in [7, 11) is 0. The molecule has 180 valence electrons. The largest absolute Gasteiger partial charge is 0.494 e. The molecule has 1 fully saturated rings. The normalized spacial score (nSPS) is 14.5. The zero-order chi connectivity index (χ0) is 24.8. The first-order chi connectivity index (χ1) is 16.9. The fourth-order valence-electron chi connectivity index (χ4n) is 3.01. The molecule has 1 saturated heterocycles. The van der Waals surface area contributed by atoms with Crippen LogP contribution < -0.4 is 15.6 Å². The van der Waals surface area contributed by atoms with E-state index in [-0.39, 0.29) is 22.5 Å². The van der Waals surface area contributed by atoms with Gasteiger partial charge in [-0.2, -0.15) is 0 Å². The molecule has 1 aliphatic rings. The van der Waals surface area contributed by atoms with Crippen molar-refractivity contribution in [2.75, 3.05) is 18.9 Å². The van der Waals surface area contributed by atoms with Gasteiger partial charge in [-0.05, 0) is 42.8 Å². The Kier molecular flexibility index (Phi) is 8.06. The number of thioether (sulfide) groups is 2. The predicted molar refractivity (Wildman–Crippen MR) is 139 cm³/mol. The fourth-order valence-corrected chi connectivity index (χ4v) is 4.91. The molecular formula is C23H20N4O5S3. The number of ether oxygens (including phenoxy) is 1. The Hall–Kier alpha value is -3.35. The average Bonchev–Trinajstić information content (AvgIpc) is 3.38. The first-order valence-corrected chi connectivity index (χ1v) is 12.7. The summed E-state index contributed by atoms with van der Waals surface area (Å²) in [6.07, 6.45) is 1.71. The van der Waals surface area contributed by atoms with Gasteiger partial charge >= 0.3 is 0 Å². The van der Waals surface area contributed by atoms with Crippen LogP contribution in [0.15, 0.2) is 63.1 Å². The summed E-state index contributed by atoms with van der Waals surface area (Å²) in [5, 5.41) is 0.351. The number of hydrazine groups is 1. The van der Waals surface area contributed by atoms with Crippen molar-refractivity contribution >= 4 is 75.0 Å². The van der Waals surface area contributed by atoms with Crippen LogP contribution in [-0.2, 0) is 14.4 Å². The molecule has 12 heteroatoms. The molecule has 2 heterocycles. The van der Waals surface area contributed by atoms with Gasteiger partial charge in [-0.15, -0.1) is 0 Å². The zero-order valence-electron chi connectivity index (χ0n) is 18.5. The lowest BCUT2D eigenvalue weighted by molar-refractivity contribution is -0.131. The number of amides is 3. The predicted octanol–water partition coefficient (Wildman–Crippen LogP) is 3.37. The van der Waals surface area contributed by atoms with Gasteiger partial charge in [-0.3, -0.25) is 30.1 Å². The topological polar surface area (TPSA) is 114 Å². The lowest BCUT2D eigenvalue weighted by atomic mass is 10.2. The number of hydrogen-bond donors (Lipinski definition) is 2. The highest BCUT2D eigenvalue weighted by atomic mass is 32.2. The highest BCUT2D eigenvalue weighted by Gasteiger charge is 2.33. The first-order valence-electron chi connectivity index (χ1n) is 10.5. The SMILES string of the molecule is CCOc1ccc(C=C2SC(=S)N(CC(=O)NNC(=O)CSc3nc4ccccc4o3)C2=O)cc1. The molecule has 0 spiro atoms. The van der Waals surface area contributed by atoms with Crippen LogP contribution in [0.4, 0.5) is 0 Å². The van der Waals surface area contributed by atoms with E-state index in [2.05, 4.69) is 15.8 Å². The van der Waals surface area contributed by atoms with Gasteiger partial charge in [-0.25, -0.2) is 4.98 Å². The third-order valence-corrected chi connectivity index (χ3v) is 6.81. The minimum Gasteiger partial charge on any atom is -0.494 e. The minimum atomic E-state index is -0.580. The second kappa shape index (κ2) is 11.4. The number of carbonyl (C=O) groups excluding carboxylic acids is 3. The number of nitrogens with zero attached hydrogens (tertiary/aromatic N) is 2. The van der Waals surface area contributed by atoms with Crippen LogP contribution in [0.5, 0.6) is 5.75 Å². The highest BCUT2D eigenvalue weighted by molar-refractivity contribution is 8.26. The molecule has 9 nitrogen and oxygen atoms in total. The number of rotatable bonds is 8. The standard InChI is InChI=1S/C23H20N4O5S3/c1-2-31-15-9-7-14(8-10-15)11-18-21(30)27(23(33)35-18)12-19(28)25-26-20(29)13-34-22-24-16-5-3-4-6-17(16)32-22/h3-11H,2,12-13H2,1H3,(H,25,28)(H,26,29). The van der Waals surface area contributed by atoms with Gasteiger partial charge in [0.25, 0.3) is 17.0 Å². The minimum absolute atomic E-state index is 0.0149. The molecule has 0 atom stereocenters. The molecule has 0 bridgehead atoms. The third kappa shape index (κ3) is 6.41. The average molecular weight is 529 g/mol. The van der Waals surface area contributed by atoms with E-state index in [9.17, 15) is 14.4 Å². The maximum absolute atomic E-state index is 12.7. The molecule has 0 unspecified atom stereocenters. The Labute approximate surface area is 214 Å². The van der Waals surface area contributed by atoms with E-state index in [1.54, 1.807) is 12.1 Å². The van der Waals surface area contributed by atoms with Crippen LogP contribution in [0, 0.1) is 0 Å². The van der Waals surface area contributed by atoms with Crippen molar-refractivity contribution in [3.05, 3.63) is 59.0 Å². The van der Waals surface area contributed by atoms with E-state index in [0.717, 1.165) is 34.8 Å². The van der Waals surface area contributed by atoms with Crippen molar-refractivity contribution in [3.63, 3.8) is 0 Å². The quantitative estimate of drug-likeness (QED) is 0.197. The van der Waals surface area contributed by atoms with Gasteiger partial charge in [0, 0.05) is 0 Å². The van der Waals surface area contributed by atoms with Crippen molar-refractivity contribution in [1.29, 1.82) is 0 Å².